The average molecular weight is 1470 g/mol. The fourth-order valence-electron chi connectivity index (χ4n) is 20.1. The second kappa shape index (κ2) is 25.1. The Bertz CT molecular complexity index is 8280. The van der Waals surface area contributed by atoms with Crippen LogP contribution in [0.5, 0.6) is 0 Å². The Hall–Kier alpha value is -15.4. The van der Waals surface area contributed by atoms with Crippen LogP contribution in [0.25, 0.3) is 242 Å². The monoisotopic (exact) mass is 1470 g/mol. The van der Waals surface area contributed by atoms with Crippen LogP contribution in [-0.4, -0.2) is 18.3 Å². The Morgan fingerprint density at radius 1 is 0.121 bits per heavy atom. The van der Waals surface area contributed by atoms with Gasteiger partial charge in [0.1, 0.15) is 0 Å². The Morgan fingerprint density at radius 3 is 0.802 bits per heavy atom. The molecule has 4 aromatic heterocycles. The molecule has 0 radical (unpaired) electrons. The molecule has 26 rings (SSSR count). The molecule has 0 bridgehead atoms. The van der Waals surface area contributed by atoms with Crippen LogP contribution in [0, 0.1) is 0 Å². The molecule has 4 heteroatoms. The van der Waals surface area contributed by atoms with Gasteiger partial charge in [-0.15, -0.1) is 0 Å². The SMILES string of the molecule is c1cc(-c2ccc3c4c(cccc24)-c2ccccc2-3)cc(-n2c3ccccc3c3cc(-c4ccc5c(c4)c4ccccc4n5-c4ccc5ccccc5c4)ccc32)c1.c1ccc2c(c1)-c1cccc3c(-c4ccc(-n5c6ccccc6c6cc(-c7ccc8c(c7)c7ccccc7n8-c7ccc8ccccc8c7)ccc65)cc4)ccc-2c13. The topological polar surface area (TPSA) is 19.7 Å². The van der Waals surface area contributed by atoms with E-state index in [2.05, 4.69) is 431 Å². The van der Waals surface area contributed by atoms with Crippen LogP contribution in [0.4, 0.5) is 0 Å². The van der Waals surface area contributed by atoms with E-state index in [1.54, 1.807) is 0 Å². The zero-order chi connectivity index (χ0) is 75.8. The maximum absolute atomic E-state index is 2.44. The molecule has 2 aliphatic rings. The molecule has 0 spiro atoms. The fraction of sp³-hybridized carbons (Fsp3) is 0. The van der Waals surface area contributed by atoms with E-state index in [1.807, 2.05) is 0 Å². The van der Waals surface area contributed by atoms with Crippen LogP contribution in [0.3, 0.4) is 0 Å². The second-order valence-electron chi connectivity index (χ2n) is 31.4. The Balaban J connectivity index is 0.000000130. The lowest BCUT2D eigenvalue weighted by molar-refractivity contribution is 1.18. The number of benzene rings is 20. The zero-order valence-corrected chi connectivity index (χ0v) is 63.0. The highest BCUT2D eigenvalue weighted by Crippen LogP contribution is 2.52. The predicted molar refractivity (Wildman–Crippen MR) is 491 cm³/mol. The molecule has 0 fully saturated rings. The summed E-state index contributed by atoms with van der Waals surface area (Å²) in [7, 11) is 0. The van der Waals surface area contributed by atoms with Crippen molar-refractivity contribution in [1.82, 2.24) is 18.3 Å². The number of hydrogen-bond acceptors (Lipinski definition) is 0. The lowest BCUT2D eigenvalue weighted by Crippen LogP contribution is -1.94. The van der Waals surface area contributed by atoms with Gasteiger partial charge in [0.25, 0.3) is 0 Å². The van der Waals surface area contributed by atoms with Crippen LogP contribution in [-0.2, 0) is 0 Å². The molecular weight excluding hydrogens is 1400 g/mol. The first kappa shape index (κ1) is 64.3. The number of aromatic nitrogens is 4. The highest BCUT2D eigenvalue weighted by Gasteiger charge is 2.26. The molecular formula is C112H68N4. The minimum absolute atomic E-state index is 1.16. The van der Waals surface area contributed by atoms with Crippen molar-refractivity contribution in [2.24, 2.45) is 0 Å². The third-order valence-electron chi connectivity index (χ3n) is 25.3. The summed E-state index contributed by atoms with van der Waals surface area (Å²) >= 11 is 0. The van der Waals surface area contributed by atoms with Gasteiger partial charge >= 0.3 is 0 Å². The maximum atomic E-state index is 2.44. The molecule has 116 heavy (non-hydrogen) atoms. The maximum Gasteiger partial charge on any atom is 0.0541 e. The third kappa shape index (κ3) is 9.62. The summed E-state index contributed by atoms with van der Waals surface area (Å²) < 4.78 is 9.68. The van der Waals surface area contributed by atoms with E-state index < -0.39 is 0 Å². The zero-order valence-electron chi connectivity index (χ0n) is 63.0. The van der Waals surface area contributed by atoms with Gasteiger partial charge in [0.05, 0.1) is 44.1 Å². The summed E-state index contributed by atoms with van der Waals surface area (Å²) in [5, 5.41) is 20.4. The molecule has 0 atom stereocenters. The molecule has 0 amide bonds. The predicted octanol–water partition coefficient (Wildman–Crippen LogP) is 30.3. The number of fused-ring (bicyclic) bond motifs is 20. The number of nitrogens with zero attached hydrogens (tertiary/aromatic N) is 4. The molecule has 4 nitrogen and oxygen atoms in total. The minimum Gasteiger partial charge on any atom is -0.309 e. The van der Waals surface area contributed by atoms with E-state index in [9.17, 15) is 0 Å². The number of hydrogen-bond donors (Lipinski definition) is 0. The van der Waals surface area contributed by atoms with Crippen molar-refractivity contribution in [3.8, 4) is 112 Å². The van der Waals surface area contributed by atoms with E-state index in [1.165, 1.54) is 231 Å². The molecule has 0 saturated carbocycles. The lowest BCUT2D eigenvalue weighted by Gasteiger charge is -2.13. The van der Waals surface area contributed by atoms with E-state index in [0.29, 0.717) is 0 Å². The van der Waals surface area contributed by atoms with Crippen molar-refractivity contribution >= 4 is 130 Å². The first-order valence-corrected chi connectivity index (χ1v) is 40.2. The van der Waals surface area contributed by atoms with Gasteiger partial charge in [-0.2, -0.15) is 0 Å². The van der Waals surface area contributed by atoms with E-state index in [-0.39, 0.29) is 0 Å². The first-order chi connectivity index (χ1) is 57.5. The van der Waals surface area contributed by atoms with Crippen molar-refractivity contribution in [2.45, 2.75) is 0 Å². The summed E-state index contributed by atoms with van der Waals surface area (Å²) in [5.41, 5.74) is 34.8. The quantitative estimate of drug-likeness (QED) is 0.144. The molecule has 4 heterocycles. The van der Waals surface area contributed by atoms with Gasteiger partial charge in [0.15, 0.2) is 0 Å². The van der Waals surface area contributed by atoms with Crippen molar-refractivity contribution in [3.05, 3.63) is 413 Å². The summed E-state index contributed by atoms with van der Waals surface area (Å²) in [5.74, 6) is 0. The van der Waals surface area contributed by atoms with Crippen molar-refractivity contribution in [2.75, 3.05) is 0 Å². The molecule has 0 N–H and O–H groups in total. The van der Waals surface area contributed by atoms with Crippen LogP contribution in [0.2, 0.25) is 0 Å². The summed E-state index contributed by atoms with van der Waals surface area (Å²) in [6.45, 7) is 0. The molecule has 24 aromatic rings. The Labute approximate surface area is 668 Å². The number of rotatable bonds is 8. The van der Waals surface area contributed by atoms with E-state index in [0.717, 1.165) is 11.4 Å². The largest absolute Gasteiger partial charge is 0.309 e. The average Bonchev–Trinajstić information content (AvgIpc) is 1.58. The minimum atomic E-state index is 1.16. The molecule has 0 aliphatic heterocycles. The lowest BCUT2D eigenvalue weighted by atomic mass is 9.94. The van der Waals surface area contributed by atoms with Crippen molar-refractivity contribution in [3.63, 3.8) is 0 Å². The van der Waals surface area contributed by atoms with Gasteiger partial charge in [-0.3, -0.25) is 0 Å². The van der Waals surface area contributed by atoms with E-state index >= 15 is 0 Å². The van der Waals surface area contributed by atoms with Gasteiger partial charge in [0, 0.05) is 65.8 Å². The van der Waals surface area contributed by atoms with Gasteiger partial charge in [-0.05, 0) is 253 Å². The summed E-state index contributed by atoms with van der Waals surface area (Å²) in [6, 6.07) is 153. The van der Waals surface area contributed by atoms with Crippen molar-refractivity contribution < 1.29 is 0 Å². The molecule has 20 aromatic carbocycles. The highest BCUT2D eigenvalue weighted by molar-refractivity contribution is 6.22. The highest BCUT2D eigenvalue weighted by atomic mass is 15.0. The Morgan fingerprint density at radius 2 is 0.397 bits per heavy atom. The number of para-hydroxylation sites is 4. The molecule has 2 aliphatic carbocycles. The van der Waals surface area contributed by atoms with Gasteiger partial charge in [-0.1, -0.05) is 291 Å². The smallest absolute Gasteiger partial charge is 0.0541 e. The summed E-state index contributed by atoms with van der Waals surface area (Å²) in [4.78, 5) is 0. The van der Waals surface area contributed by atoms with Gasteiger partial charge < -0.3 is 18.3 Å². The standard InChI is InChI=1S/2C56H34N2/c1-2-12-36-31-41(26-23-35(36)11-1)58-53-22-8-6-18-46(53)51-34-38(25-30-55(51)58)37-24-29-54-50(33-37)45-17-5-7-21-52(45)57(54)40-14-9-13-39(32-40)42-27-28-49-44-16-4-3-15-43(44)48-20-10-19-47(42)56(48)49;1-2-11-37-32-41(27-20-35(37)10-1)58-53-19-8-6-15-46(53)51-34-39(24-31-55(51)58)38-23-30-54-50(33-38)45-14-5-7-18-52(45)57(54)40-25-21-36(22-26-40)42-28-29-49-44-13-4-3-12-43(44)48-17-9-16-47(42)56(48)49/h2*1-34H. The molecule has 0 unspecified atom stereocenters. The fourth-order valence-corrected chi connectivity index (χ4v) is 20.1. The third-order valence-corrected chi connectivity index (χ3v) is 25.3. The first-order valence-electron chi connectivity index (χ1n) is 40.2. The summed E-state index contributed by atoms with van der Waals surface area (Å²) in [6.07, 6.45) is 0. The van der Waals surface area contributed by atoms with Gasteiger partial charge in [-0.25, -0.2) is 0 Å². The van der Waals surface area contributed by atoms with Crippen molar-refractivity contribution in [1.29, 1.82) is 0 Å². The molecule has 0 saturated heterocycles. The Kier molecular flexibility index (Phi) is 13.9. The van der Waals surface area contributed by atoms with E-state index in [4.69, 9.17) is 0 Å². The second-order valence-corrected chi connectivity index (χ2v) is 31.4. The molecule has 536 valence electrons. The van der Waals surface area contributed by atoms with Crippen LogP contribution in [0.15, 0.2) is 413 Å². The van der Waals surface area contributed by atoms with Crippen LogP contribution in [0.1, 0.15) is 0 Å². The van der Waals surface area contributed by atoms with Gasteiger partial charge in [0.2, 0.25) is 0 Å². The van der Waals surface area contributed by atoms with Crippen LogP contribution >= 0.6 is 0 Å². The van der Waals surface area contributed by atoms with Crippen LogP contribution < -0.4 is 0 Å². The normalized spacial score (nSPS) is 12.1.